The van der Waals surface area contributed by atoms with Gasteiger partial charge in [0.05, 0.1) is 28.5 Å². The molecule has 0 bridgehead atoms. The number of fused-ring (bicyclic) bond motifs is 2. The number of hydrogen-bond donors (Lipinski definition) is 2. The first-order valence-electron chi connectivity index (χ1n) is 13.0. The molecule has 6 nitrogen and oxygen atoms in total. The molecule has 0 saturated carbocycles. The molecule has 0 saturated heterocycles. The molecule has 7 heteroatoms. The van der Waals surface area contributed by atoms with Crippen LogP contribution in [0.3, 0.4) is 0 Å². The van der Waals surface area contributed by atoms with E-state index < -0.39 is 5.97 Å². The van der Waals surface area contributed by atoms with E-state index in [0.29, 0.717) is 40.9 Å². The Kier molecular flexibility index (Phi) is 7.84. The third-order valence-electron chi connectivity index (χ3n) is 6.81. The number of aryl methyl sites for hydroxylation is 1. The molecule has 0 spiro atoms. The molecule has 0 fully saturated rings. The molecule has 39 heavy (non-hydrogen) atoms. The molecule has 0 aliphatic carbocycles. The zero-order valence-electron chi connectivity index (χ0n) is 21.5. The molecule has 0 aliphatic rings. The first kappa shape index (κ1) is 26.3. The van der Waals surface area contributed by atoms with E-state index in [-0.39, 0.29) is 18.4 Å². The highest BCUT2D eigenvalue weighted by atomic mass is 35.5. The summed E-state index contributed by atoms with van der Waals surface area (Å²) in [5, 5.41) is 15.0. The fourth-order valence-corrected chi connectivity index (χ4v) is 4.93. The van der Waals surface area contributed by atoms with Gasteiger partial charge in [0.1, 0.15) is 0 Å². The zero-order chi connectivity index (χ0) is 27.4. The molecule has 2 N–H and O–H groups in total. The Morgan fingerprint density at radius 3 is 2.46 bits per heavy atom. The summed E-state index contributed by atoms with van der Waals surface area (Å²) in [6.07, 6.45) is 1.89. The fraction of sp³-hybridized carbons (Fsp3) is 0.188. The average Bonchev–Trinajstić information content (AvgIpc) is 2.94. The normalized spacial score (nSPS) is 11.9. The molecule has 5 aromatic rings. The molecular formula is C32H28ClN3O3. The number of halogens is 1. The highest BCUT2D eigenvalue weighted by Crippen LogP contribution is 2.28. The summed E-state index contributed by atoms with van der Waals surface area (Å²) in [5.74, 6) is -1.00. The van der Waals surface area contributed by atoms with Gasteiger partial charge in [0, 0.05) is 22.6 Å². The van der Waals surface area contributed by atoms with Gasteiger partial charge in [-0.15, -0.1) is 0 Å². The van der Waals surface area contributed by atoms with Crippen LogP contribution in [0.5, 0.6) is 0 Å². The maximum Gasteiger partial charge on any atom is 0.303 e. The number of hydrogen-bond acceptors (Lipinski definition) is 4. The number of aliphatic carboxylic acids is 1. The first-order valence-corrected chi connectivity index (χ1v) is 13.3. The van der Waals surface area contributed by atoms with Gasteiger partial charge in [-0.2, -0.15) is 0 Å². The van der Waals surface area contributed by atoms with Crippen molar-refractivity contribution in [2.75, 3.05) is 0 Å². The molecule has 1 unspecified atom stereocenters. The van der Waals surface area contributed by atoms with Crippen LogP contribution in [0.15, 0.2) is 84.9 Å². The van der Waals surface area contributed by atoms with Crippen molar-refractivity contribution in [1.82, 2.24) is 15.3 Å². The Morgan fingerprint density at radius 2 is 1.67 bits per heavy atom. The van der Waals surface area contributed by atoms with Crippen LogP contribution in [0, 0.1) is 0 Å². The summed E-state index contributed by atoms with van der Waals surface area (Å²) in [7, 11) is 0. The standard InChI is InChI=1S/C32H28ClN3O3/c1-20(25-10-6-8-21-7-2-3-9-26(21)25)34-32(39)23-15-18-27-29(19-23)35-28(11-4-5-12-30(37)38)31(36-27)22-13-16-24(33)17-14-22/h2-3,6-10,13-20H,4-5,11-12H2,1H3,(H,34,39)(H,37,38). The minimum absolute atomic E-state index is 0.108. The number of nitrogens with one attached hydrogen (secondary N) is 1. The summed E-state index contributed by atoms with van der Waals surface area (Å²) in [5.41, 5.74) is 5.22. The Labute approximate surface area is 231 Å². The van der Waals surface area contributed by atoms with Crippen LogP contribution in [-0.2, 0) is 11.2 Å². The van der Waals surface area contributed by atoms with Gasteiger partial charge < -0.3 is 10.4 Å². The topological polar surface area (TPSA) is 92.2 Å². The highest BCUT2D eigenvalue weighted by molar-refractivity contribution is 6.30. The van der Waals surface area contributed by atoms with E-state index in [4.69, 9.17) is 26.7 Å². The van der Waals surface area contributed by atoms with Crippen LogP contribution < -0.4 is 5.32 Å². The van der Waals surface area contributed by atoms with Crippen LogP contribution in [0.1, 0.15) is 53.8 Å². The molecule has 1 aromatic heterocycles. The van der Waals surface area contributed by atoms with Crippen molar-refractivity contribution < 1.29 is 14.7 Å². The van der Waals surface area contributed by atoms with Gasteiger partial charge in [-0.3, -0.25) is 9.59 Å². The van der Waals surface area contributed by atoms with Gasteiger partial charge in [0.15, 0.2) is 0 Å². The molecule has 4 aromatic carbocycles. The number of carboxylic acid groups (broad SMARTS) is 1. The Morgan fingerprint density at radius 1 is 0.897 bits per heavy atom. The van der Waals surface area contributed by atoms with E-state index in [1.165, 1.54) is 0 Å². The van der Waals surface area contributed by atoms with E-state index in [2.05, 4.69) is 23.5 Å². The predicted molar refractivity (Wildman–Crippen MR) is 155 cm³/mol. The minimum Gasteiger partial charge on any atom is -0.481 e. The maximum atomic E-state index is 13.3. The monoisotopic (exact) mass is 537 g/mol. The van der Waals surface area contributed by atoms with Gasteiger partial charge in [-0.05, 0) is 72.9 Å². The largest absolute Gasteiger partial charge is 0.481 e. The molecule has 196 valence electrons. The Balaban J connectivity index is 1.43. The summed E-state index contributed by atoms with van der Waals surface area (Å²) < 4.78 is 0. The number of unbranched alkanes of at least 4 members (excludes halogenated alkanes) is 1. The Hall–Kier alpha value is -4.29. The van der Waals surface area contributed by atoms with Crippen molar-refractivity contribution in [2.24, 2.45) is 0 Å². The van der Waals surface area contributed by atoms with Crippen LogP contribution >= 0.6 is 11.6 Å². The molecule has 0 radical (unpaired) electrons. The van der Waals surface area contributed by atoms with Crippen molar-refractivity contribution in [3.8, 4) is 11.3 Å². The Bertz CT molecular complexity index is 1660. The second kappa shape index (κ2) is 11.6. The van der Waals surface area contributed by atoms with E-state index in [0.717, 1.165) is 33.3 Å². The molecule has 1 atom stereocenters. The maximum absolute atomic E-state index is 13.3. The lowest BCUT2D eigenvalue weighted by Gasteiger charge is -2.17. The second-order valence-electron chi connectivity index (χ2n) is 9.59. The lowest BCUT2D eigenvalue weighted by Crippen LogP contribution is -2.26. The van der Waals surface area contributed by atoms with Gasteiger partial charge in [0.2, 0.25) is 0 Å². The van der Waals surface area contributed by atoms with Crippen molar-refractivity contribution >= 4 is 45.3 Å². The minimum atomic E-state index is -0.814. The van der Waals surface area contributed by atoms with E-state index in [9.17, 15) is 9.59 Å². The predicted octanol–water partition coefficient (Wildman–Crippen LogP) is 7.39. The number of rotatable bonds is 9. The number of nitrogens with zero attached hydrogens (tertiary/aromatic N) is 2. The van der Waals surface area contributed by atoms with Crippen LogP contribution in [0.4, 0.5) is 0 Å². The molecule has 5 rings (SSSR count). The number of carboxylic acids is 1. The van der Waals surface area contributed by atoms with Gasteiger partial charge in [-0.25, -0.2) is 9.97 Å². The fourth-order valence-electron chi connectivity index (χ4n) is 4.80. The third-order valence-corrected chi connectivity index (χ3v) is 7.06. The lowest BCUT2D eigenvalue weighted by atomic mass is 9.99. The summed E-state index contributed by atoms with van der Waals surface area (Å²) in [6.45, 7) is 1.98. The van der Waals surface area contributed by atoms with Gasteiger partial charge in [0.25, 0.3) is 5.91 Å². The summed E-state index contributed by atoms with van der Waals surface area (Å²) in [4.78, 5) is 34.0. The van der Waals surface area contributed by atoms with Crippen molar-refractivity contribution in [1.29, 1.82) is 0 Å². The SMILES string of the molecule is CC(NC(=O)c1ccc2nc(-c3ccc(Cl)cc3)c(CCCCC(=O)O)nc2c1)c1cccc2ccccc12. The van der Waals surface area contributed by atoms with E-state index in [1.54, 1.807) is 12.1 Å². The number of carbonyl (C=O) groups is 2. The number of amides is 1. The smallest absolute Gasteiger partial charge is 0.303 e. The van der Waals surface area contributed by atoms with Crippen LogP contribution in [-0.4, -0.2) is 27.0 Å². The van der Waals surface area contributed by atoms with Gasteiger partial charge >= 0.3 is 5.97 Å². The van der Waals surface area contributed by atoms with Crippen molar-refractivity contribution in [2.45, 2.75) is 38.6 Å². The highest BCUT2D eigenvalue weighted by Gasteiger charge is 2.16. The number of benzene rings is 4. The first-order chi connectivity index (χ1) is 18.9. The second-order valence-corrected chi connectivity index (χ2v) is 10.0. The molecular weight excluding hydrogens is 510 g/mol. The molecule has 0 aliphatic heterocycles. The summed E-state index contributed by atoms with van der Waals surface area (Å²) in [6, 6.07) is 26.8. The zero-order valence-corrected chi connectivity index (χ0v) is 22.3. The van der Waals surface area contributed by atoms with Crippen LogP contribution in [0.2, 0.25) is 5.02 Å². The molecule has 1 amide bonds. The van der Waals surface area contributed by atoms with E-state index in [1.807, 2.05) is 61.5 Å². The van der Waals surface area contributed by atoms with Crippen LogP contribution in [0.25, 0.3) is 33.1 Å². The average molecular weight is 538 g/mol. The molecule has 1 heterocycles. The third kappa shape index (κ3) is 6.07. The van der Waals surface area contributed by atoms with Crippen molar-refractivity contribution in [3.63, 3.8) is 0 Å². The quantitative estimate of drug-likeness (QED) is 0.191. The van der Waals surface area contributed by atoms with Gasteiger partial charge in [-0.1, -0.05) is 66.2 Å². The number of aromatic nitrogens is 2. The number of carbonyl (C=O) groups excluding carboxylic acids is 1. The van der Waals surface area contributed by atoms with E-state index >= 15 is 0 Å². The van der Waals surface area contributed by atoms with Crippen molar-refractivity contribution in [3.05, 3.63) is 107 Å². The lowest BCUT2D eigenvalue weighted by molar-refractivity contribution is -0.137. The summed E-state index contributed by atoms with van der Waals surface area (Å²) >= 11 is 6.09.